The first kappa shape index (κ1) is 11.1. The third-order valence-corrected chi connectivity index (χ3v) is 3.12. The summed E-state index contributed by atoms with van der Waals surface area (Å²) < 4.78 is 17.4. The molecule has 0 N–H and O–H groups in total. The quantitative estimate of drug-likeness (QED) is 0.579. The standard InChI is InChI=1S/C9H13O3.Sn.3H/c1-3-10-9(11-4-2)8-6-5-7-12-8;;;;/h6-7,9H,3-4H2,1-2H3;;;;. The van der Waals surface area contributed by atoms with Gasteiger partial charge in [0.15, 0.2) is 0 Å². The molecule has 1 aromatic heterocycles. The van der Waals surface area contributed by atoms with Crippen LogP contribution in [0.25, 0.3) is 0 Å². The predicted molar refractivity (Wildman–Crippen MR) is 54.3 cm³/mol. The molecule has 0 fully saturated rings. The molecule has 0 bridgehead atoms. The molecule has 0 atom stereocenters. The third kappa shape index (κ3) is 3.32. The number of hydrogen-bond donors (Lipinski definition) is 0. The average Bonchev–Trinajstić information content (AvgIpc) is 2.51. The van der Waals surface area contributed by atoms with Crippen LogP contribution in [-0.4, -0.2) is 35.7 Å². The molecular weight excluding hydrogens is 275 g/mol. The van der Waals surface area contributed by atoms with Gasteiger partial charge in [-0.25, -0.2) is 0 Å². The zero-order valence-electron chi connectivity index (χ0n) is 8.37. The number of hydrogen-bond acceptors (Lipinski definition) is 3. The van der Waals surface area contributed by atoms with E-state index in [0.717, 1.165) is 5.76 Å². The van der Waals surface area contributed by atoms with Crippen LogP contribution in [-0.2, 0) is 9.47 Å². The summed E-state index contributed by atoms with van der Waals surface area (Å²) in [5.41, 5.74) is 0. The minimum atomic E-state index is -0.324. The van der Waals surface area contributed by atoms with Crippen molar-refractivity contribution >= 4 is 26.1 Å². The van der Waals surface area contributed by atoms with Crippen molar-refractivity contribution in [1.29, 1.82) is 0 Å². The van der Waals surface area contributed by atoms with Crippen molar-refractivity contribution in [3.63, 3.8) is 0 Å². The van der Waals surface area contributed by atoms with Gasteiger partial charge in [0, 0.05) is 0 Å². The molecule has 13 heavy (non-hydrogen) atoms. The summed E-state index contributed by atoms with van der Waals surface area (Å²) in [5.74, 6) is 0.790. The van der Waals surface area contributed by atoms with E-state index in [2.05, 4.69) is 0 Å². The van der Waals surface area contributed by atoms with E-state index in [1.54, 1.807) is 6.26 Å². The SMILES string of the molecule is CCOC(OCC)c1c[c]([SnH3])co1. The molecular formula is C9H16O3Sn. The summed E-state index contributed by atoms with van der Waals surface area (Å²) in [6.07, 6.45) is 1.46. The fraction of sp³-hybridized carbons (Fsp3) is 0.556. The maximum atomic E-state index is 5.39. The molecule has 0 unspecified atom stereocenters. The van der Waals surface area contributed by atoms with Gasteiger partial charge in [0.25, 0.3) is 0 Å². The molecule has 0 spiro atoms. The Morgan fingerprint density at radius 3 is 2.38 bits per heavy atom. The van der Waals surface area contributed by atoms with E-state index in [4.69, 9.17) is 13.9 Å². The number of furan rings is 1. The fourth-order valence-electron chi connectivity index (χ4n) is 1.09. The summed E-state index contributed by atoms with van der Waals surface area (Å²) in [4.78, 5) is 0. The van der Waals surface area contributed by atoms with Crippen molar-refractivity contribution in [3.05, 3.63) is 18.1 Å². The second-order valence-corrected chi connectivity index (χ2v) is 6.06. The molecule has 0 saturated heterocycles. The van der Waals surface area contributed by atoms with Gasteiger partial charge in [-0.3, -0.25) is 0 Å². The molecule has 3 nitrogen and oxygen atoms in total. The Morgan fingerprint density at radius 1 is 1.38 bits per heavy atom. The normalized spacial score (nSPS) is 11.3. The second kappa shape index (κ2) is 5.67. The van der Waals surface area contributed by atoms with Crippen LogP contribution in [0.15, 0.2) is 16.7 Å². The summed E-state index contributed by atoms with van der Waals surface area (Å²) in [6.45, 7) is 5.16. The zero-order valence-corrected chi connectivity index (χ0v) is 14.1. The first-order valence-corrected chi connectivity index (χ1v) is 7.41. The van der Waals surface area contributed by atoms with Crippen LogP contribution in [0.2, 0.25) is 0 Å². The first-order chi connectivity index (χ1) is 6.27. The molecule has 0 radical (unpaired) electrons. The van der Waals surface area contributed by atoms with E-state index < -0.39 is 0 Å². The monoisotopic (exact) mass is 292 g/mol. The van der Waals surface area contributed by atoms with Gasteiger partial charge in [-0.1, -0.05) is 0 Å². The molecule has 0 aromatic carbocycles. The number of ether oxygens (including phenoxy) is 2. The van der Waals surface area contributed by atoms with Crippen molar-refractivity contribution in [2.24, 2.45) is 0 Å². The van der Waals surface area contributed by atoms with Crippen molar-refractivity contribution in [2.75, 3.05) is 13.2 Å². The van der Waals surface area contributed by atoms with E-state index in [0.29, 0.717) is 35.7 Å². The van der Waals surface area contributed by atoms with Gasteiger partial charge in [-0.2, -0.15) is 0 Å². The van der Waals surface area contributed by atoms with Crippen LogP contribution in [0.5, 0.6) is 0 Å². The number of rotatable bonds is 5. The van der Waals surface area contributed by atoms with Gasteiger partial charge in [0.2, 0.25) is 0 Å². The van der Waals surface area contributed by atoms with Gasteiger partial charge in [0.05, 0.1) is 0 Å². The third-order valence-electron chi connectivity index (χ3n) is 1.62. The zero-order chi connectivity index (χ0) is 9.68. The van der Waals surface area contributed by atoms with Crippen LogP contribution < -0.4 is 3.58 Å². The maximum absolute atomic E-state index is 5.39. The van der Waals surface area contributed by atoms with Gasteiger partial charge >= 0.3 is 91.4 Å². The Kier molecular flexibility index (Phi) is 4.83. The Bertz CT molecular complexity index is 241. The van der Waals surface area contributed by atoms with Crippen molar-refractivity contribution in [2.45, 2.75) is 20.1 Å². The summed E-state index contributed by atoms with van der Waals surface area (Å²) in [6, 6.07) is 2.02. The van der Waals surface area contributed by atoms with Gasteiger partial charge in [-0.15, -0.1) is 0 Å². The molecule has 1 heterocycles. The molecule has 0 saturated carbocycles. The second-order valence-electron chi connectivity index (χ2n) is 2.77. The molecule has 1 aromatic rings. The van der Waals surface area contributed by atoms with Gasteiger partial charge in [-0.05, 0) is 0 Å². The molecule has 1 rings (SSSR count). The van der Waals surface area contributed by atoms with Crippen molar-refractivity contribution in [3.8, 4) is 0 Å². The van der Waals surface area contributed by atoms with E-state index in [1.165, 1.54) is 3.58 Å². The summed E-state index contributed by atoms with van der Waals surface area (Å²) in [5, 5.41) is 0. The van der Waals surface area contributed by atoms with Crippen LogP contribution in [0, 0.1) is 0 Å². The van der Waals surface area contributed by atoms with Crippen molar-refractivity contribution < 1.29 is 13.9 Å². The van der Waals surface area contributed by atoms with E-state index in [9.17, 15) is 0 Å². The predicted octanol–water partition coefficient (Wildman–Crippen LogP) is 0.342. The molecule has 74 valence electrons. The molecule has 0 amide bonds. The molecule has 0 aliphatic heterocycles. The first-order valence-electron chi connectivity index (χ1n) is 4.56. The van der Waals surface area contributed by atoms with Crippen LogP contribution in [0.3, 0.4) is 0 Å². The van der Waals surface area contributed by atoms with Crippen LogP contribution in [0.1, 0.15) is 25.9 Å². The van der Waals surface area contributed by atoms with Crippen LogP contribution >= 0.6 is 0 Å². The summed E-state index contributed by atoms with van der Waals surface area (Å²) >= 11 is 0.492. The van der Waals surface area contributed by atoms with E-state index in [-0.39, 0.29) is 6.29 Å². The topological polar surface area (TPSA) is 31.6 Å². The van der Waals surface area contributed by atoms with Crippen LogP contribution in [0.4, 0.5) is 0 Å². The fourth-order valence-corrected chi connectivity index (χ4v) is 2.24. The molecule has 0 aliphatic rings. The van der Waals surface area contributed by atoms with Gasteiger partial charge in [0.1, 0.15) is 0 Å². The Hall–Kier alpha value is -0.00130. The Morgan fingerprint density at radius 2 is 2.00 bits per heavy atom. The van der Waals surface area contributed by atoms with E-state index in [1.807, 2.05) is 19.9 Å². The van der Waals surface area contributed by atoms with E-state index >= 15 is 0 Å². The van der Waals surface area contributed by atoms with Gasteiger partial charge < -0.3 is 0 Å². The minimum absolute atomic E-state index is 0.324. The molecule has 0 aliphatic carbocycles. The average molecular weight is 291 g/mol. The Balaban J connectivity index is 2.63. The van der Waals surface area contributed by atoms with Crippen molar-refractivity contribution in [1.82, 2.24) is 0 Å². The summed E-state index contributed by atoms with van der Waals surface area (Å²) in [7, 11) is 0. The molecule has 4 heteroatoms. The Labute approximate surface area is 91.5 Å².